The fourth-order valence-corrected chi connectivity index (χ4v) is 2.08. The van der Waals surface area contributed by atoms with Crippen LogP contribution in [-0.4, -0.2) is 9.91 Å². The van der Waals surface area contributed by atoms with Gasteiger partial charge in [-0.2, -0.15) is 0 Å². The van der Waals surface area contributed by atoms with Crippen LogP contribution in [0.1, 0.15) is 31.7 Å². The van der Waals surface area contributed by atoms with Crippen molar-refractivity contribution in [3.8, 4) is 11.3 Å². The summed E-state index contributed by atoms with van der Waals surface area (Å²) in [7, 11) is 0. The summed E-state index contributed by atoms with van der Waals surface area (Å²) < 4.78 is 0. The number of hydrogen-bond acceptors (Lipinski definition) is 3. The molecule has 4 nitrogen and oxygen atoms in total. The second-order valence-electron chi connectivity index (χ2n) is 4.81. The number of unbranched alkanes of at least 4 members (excludes halogenated alkanes) is 2. The summed E-state index contributed by atoms with van der Waals surface area (Å²) >= 11 is 0. The number of aryl methyl sites for hydroxylation is 1. The summed E-state index contributed by atoms with van der Waals surface area (Å²) in [4.78, 5) is 14.6. The van der Waals surface area contributed by atoms with Crippen LogP contribution in [0.2, 0.25) is 0 Å². The van der Waals surface area contributed by atoms with Gasteiger partial charge < -0.3 is 0 Å². The van der Waals surface area contributed by atoms with Gasteiger partial charge in [-0.1, -0.05) is 25.8 Å². The zero-order chi connectivity index (χ0) is 14.4. The molecule has 0 bridgehead atoms. The molecule has 0 fully saturated rings. The molecule has 1 aromatic heterocycles. The van der Waals surface area contributed by atoms with Gasteiger partial charge in [0, 0.05) is 23.9 Å². The molecule has 0 radical (unpaired) electrons. The van der Waals surface area contributed by atoms with Crippen molar-refractivity contribution in [1.82, 2.24) is 4.98 Å². The van der Waals surface area contributed by atoms with E-state index in [0.717, 1.165) is 17.7 Å². The summed E-state index contributed by atoms with van der Waals surface area (Å²) in [5.41, 5.74) is 3.09. The Bertz CT molecular complexity index is 562. The lowest BCUT2D eigenvalue weighted by Gasteiger charge is -2.03. The molecule has 4 heteroatoms. The van der Waals surface area contributed by atoms with Gasteiger partial charge in [-0.05, 0) is 36.6 Å². The molecular weight excluding hydrogens is 252 g/mol. The molecule has 0 saturated heterocycles. The summed E-state index contributed by atoms with van der Waals surface area (Å²) in [6.45, 7) is 2.19. The quantitative estimate of drug-likeness (QED) is 0.444. The van der Waals surface area contributed by atoms with E-state index in [0.29, 0.717) is 0 Å². The Kier molecular flexibility index (Phi) is 4.82. The molecule has 1 aromatic carbocycles. The van der Waals surface area contributed by atoms with Crippen LogP contribution in [0.3, 0.4) is 0 Å². The number of hydrogen-bond donors (Lipinski definition) is 0. The normalized spacial score (nSPS) is 10.4. The van der Waals surface area contributed by atoms with Crippen molar-refractivity contribution in [1.29, 1.82) is 0 Å². The fourth-order valence-electron chi connectivity index (χ4n) is 2.08. The van der Waals surface area contributed by atoms with E-state index in [9.17, 15) is 10.1 Å². The maximum atomic E-state index is 10.6. The molecule has 0 unspecified atom stereocenters. The van der Waals surface area contributed by atoms with E-state index in [1.165, 1.54) is 37.0 Å². The zero-order valence-electron chi connectivity index (χ0n) is 11.6. The summed E-state index contributed by atoms with van der Waals surface area (Å²) in [6, 6.07) is 10.5. The molecule has 1 heterocycles. The number of benzene rings is 1. The lowest BCUT2D eigenvalue weighted by atomic mass is 10.1. The van der Waals surface area contributed by atoms with Gasteiger partial charge in [0.05, 0.1) is 10.6 Å². The highest BCUT2D eigenvalue weighted by atomic mass is 16.6. The van der Waals surface area contributed by atoms with Crippen LogP contribution in [0.4, 0.5) is 5.69 Å². The minimum absolute atomic E-state index is 0.102. The number of nitro benzene ring substituents is 1. The van der Waals surface area contributed by atoms with Crippen LogP contribution in [0.5, 0.6) is 0 Å². The predicted octanol–water partition coefficient (Wildman–Crippen LogP) is 4.39. The third-order valence-corrected chi connectivity index (χ3v) is 3.27. The fraction of sp³-hybridized carbons (Fsp3) is 0.312. The molecule has 104 valence electrons. The first kappa shape index (κ1) is 14.2. The van der Waals surface area contributed by atoms with Crippen molar-refractivity contribution in [2.45, 2.75) is 32.6 Å². The highest BCUT2D eigenvalue weighted by Gasteiger charge is 2.05. The molecule has 0 amide bonds. The highest BCUT2D eigenvalue weighted by molar-refractivity contribution is 5.60. The number of rotatable bonds is 6. The van der Waals surface area contributed by atoms with Crippen LogP contribution in [0, 0.1) is 10.1 Å². The summed E-state index contributed by atoms with van der Waals surface area (Å²) in [5.74, 6) is 0. The predicted molar refractivity (Wildman–Crippen MR) is 79.6 cm³/mol. The topological polar surface area (TPSA) is 56.0 Å². The van der Waals surface area contributed by atoms with E-state index in [1.54, 1.807) is 12.1 Å². The number of pyridine rings is 1. The molecule has 2 rings (SSSR count). The Morgan fingerprint density at radius 3 is 2.40 bits per heavy atom. The van der Waals surface area contributed by atoms with Gasteiger partial charge >= 0.3 is 0 Å². The van der Waals surface area contributed by atoms with Crippen molar-refractivity contribution in [2.75, 3.05) is 0 Å². The third kappa shape index (κ3) is 3.63. The highest BCUT2D eigenvalue weighted by Crippen LogP contribution is 2.21. The molecule has 0 N–H and O–H groups in total. The van der Waals surface area contributed by atoms with Gasteiger partial charge in [-0.3, -0.25) is 15.1 Å². The van der Waals surface area contributed by atoms with Crippen molar-refractivity contribution < 1.29 is 4.92 Å². The van der Waals surface area contributed by atoms with Crippen LogP contribution < -0.4 is 0 Å². The smallest absolute Gasteiger partial charge is 0.258 e. The number of aromatic nitrogens is 1. The minimum atomic E-state index is -0.395. The standard InChI is InChI=1S/C16H18N2O2/c1-2-3-4-5-13-6-11-16(17-12-13)14-7-9-15(10-8-14)18(19)20/h6-12H,2-5H2,1H3. The minimum Gasteiger partial charge on any atom is -0.258 e. The van der Waals surface area contributed by atoms with E-state index < -0.39 is 4.92 Å². The molecule has 0 aliphatic heterocycles. The number of non-ortho nitro benzene ring substituents is 1. The van der Waals surface area contributed by atoms with Crippen LogP contribution >= 0.6 is 0 Å². The SMILES string of the molecule is CCCCCc1ccc(-c2ccc([N+](=O)[O-])cc2)nc1. The third-order valence-electron chi connectivity index (χ3n) is 3.27. The van der Waals surface area contributed by atoms with Gasteiger partial charge in [-0.25, -0.2) is 0 Å². The largest absolute Gasteiger partial charge is 0.269 e. The Hall–Kier alpha value is -2.23. The number of nitro groups is 1. The lowest BCUT2D eigenvalue weighted by Crippen LogP contribution is -1.90. The van der Waals surface area contributed by atoms with Gasteiger partial charge in [0.1, 0.15) is 0 Å². The summed E-state index contributed by atoms with van der Waals surface area (Å²) in [6.07, 6.45) is 6.60. The monoisotopic (exact) mass is 270 g/mol. The Balaban J connectivity index is 2.07. The Morgan fingerprint density at radius 1 is 1.10 bits per heavy atom. The van der Waals surface area contributed by atoms with E-state index in [-0.39, 0.29) is 5.69 Å². The van der Waals surface area contributed by atoms with Gasteiger partial charge in [-0.15, -0.1) is 0 Å². The Morgan fingerprint density at radius 2 is 1.85 bits per heavy atom. The molecule has 20 heavy (non-hydrogen) atoms. The van der Waals surface area contributed by atoms with E-state index in [1.807, 2.05) is 12.3 Å². The van der Waals surface area contributed by atoms with E-state index in [4.69, 9.17) is 0 Å². The Labute approximate surface area is 118 Å². The second-order valence-corrected chi connectivity index (χ2v) is 4.81. The first-order valence-corrected chi connectivity index (χ1v) is 6.90. The zero-order valence-corrected chi connectivity index (χ0v) is 11.6. The molecular formula is C16H18N2O2. The summed E-state index contributed by atoms with van der Waals surface area (Å²) in [5, 5.41) is 10.6. The van der Waals surface area contributed by atoms with Crippen molar-refractivity contribution >= 4 is 5.69 Å². The first-order valence-electron chi connectivity index (χ1n) is 6.90. The van der Waals surface area contributed by atoms with Crippen molar-refractivity contribution in [3.05, 3.63) is 58.3 Å². The molecule has 0 aliphatic rings. The lowest BCUT2D eigenvalue weighted by molar-refractivity contribution is -0.384. The van der Waals surface area contributed by atoms with E-state index in [2.05, 4.69) is 18.0 Å². The number of nitrogens with zero attached hydrogens (tertiary/aromatic N) is 2. The van der Waals surface area contributed by atoms with Crippen molar-refractivity contribution in [3.63, 3.8) is 0 Å². The maximum Gasteiger partial charge on any atom is 0.269 e. The van der Waals surface area contributed by atoms with Crippen LogP contribution in [0.15, 0.2) is 42.6 Å². The second kappa shape index (κ2) is 6.80. The van der Waals surface area contributed by atoms with Crippen molar-refractivity contribution in [2.24, 2.45) is 0 Å². The van der Waals surface area contributed by atoms with E-state index >= 15 is 0 Å². The molecule has 0 aliphatic carbocycles. The molecule has 0 spiro atoms. The molecule has 0 saturated carbocycles. The van der Waals surface area contributed by atoms with Gasteiger partial charge in [0.2, 0.25) is 0 Å². The van der Waals surface area contributed by atoms with Crippen LogP contribution in [0.25, 0.3) is 11.3 Å². The molecule has 2 aromatic rings. The first-order chi connectivity index (χ1) is 9.70. The maximum absolute atomic E-state index is 10.6. The average Bonchev–Trinajstić information content (AvgIpc) is 2.48. The average molecular weight is 270 g/mol. The van der Waals surface area contributed by atoms with Gasteiger partial charge in [0.25, 0.3) is 5.69 Å². The van der Waals surface area contributed by atoms with Gasteiger partial charge in [0.15, 0.2) is 0 Å². The van der Waals surface area contributed by atoms with Crippen LogP contribution in [-0.2, 0) is 6.42 Å². The molecule has 0 atom stereocenters.